The van der Waals surface area contributed by atoms with E-state index in [4.69, 9.17) is 10.5 Å². The van der Waals surface area contributed by atoms with E-state index in [0.717, 1.165) is 12.1 Å². The van der Waals surface area contributed by atoms with E-state index in [0.29, 0.717) is 28.2 Å². The maximum atomic E-state index is 13.5. The van der Waals surface area contributed by atoms with Gasteiger partial charge in [-0.3, -0.25) is 14.2 Å². The van der Waals surface area contributed by atoms with E-state index in [-0.39, 0.29) is 24.3 Å². The Morgan fingerprint density at radius 2 is 1.84 bits per heavy atom. The zero-order valence-electron chi connectivity index (χ0n) is 20.0. The standard InChI is InChI=1S/C26H24F3N5O3/c1-15(12-21(30)35)34-24-20(32-23(25(34)36)17-6-8-19(37-2)9-7-17)10-11-22(33-24)31-14-16-4-3-5-18(13-16)26(27,28)29/h3-11,13,15H,12,14H2,1-2H3,(H2,30,35)(H,31,33). The van der Waals surface area contributed by atoms with Crippen molar-refractivity contribution in [2.24, 2.45) is 5.73 Å². The Labute approximate surface area is 209 Å². The summed E-state index contributed by atoms with van der Waals surface area (Å²) in [6.45, 7) is 1.74. The minimum absolute atomic E-state index is 0.0703. The lowest BCUT2D eigenvalue weighted by atomic mass is 10.1. The zero-order valence-corrected chi connectivity index (χ0v) is 20.0. The highest BCUT2D eigenvalue weighted by Crippen LogP contribution is 2.30. The molecular weight excluding hydrogens is 487 g/mol. The van der Waals surface area contributed by atoms with Gasteiger partial charge in [0.05, 0.1) is 12.7 Å². The summed E-state index contributed by atoms with van der Waals surface area (Å²) in [5.74, 6) is 0.350. The molecule has 37 heavy (non-hydrogen) atoms. The minimum atomic E-state index is -4.45. The van der Waals surface area contributed by atoms with Crippen LogP contribution in [0.3, 0.4) is 0 Å². The second kappa shape index (κ2) is 10.3. The number of aromatic nitrogens is 3. The van der Waals surface area contributed by atoms with Crippen LogP contribution in [-0.4, -0.2) is 27.6 Å². The lowest BCUT2D eigenvalue weighted by molar-refractivity contribution is -0.137. The average molecular weight is 512 g/mol. The van der Waals surface area contributed by atoms with Crippen LogP contribution in [-0.2, 0) is 17.5 Å². The van der Waals surface area contributed by atoms with E-state index in [1.807, 2.05) is 0 Å². The first kappa shape index (κ1) is 25.7. The highest BCUT2D eigenvalue weighted by Gasteiger charge is 2.30. The summed E-state index contributed by atoms with van der Waals surface area (Å²) in [7, 11) is 1.53. The maximum Gasteiger partial charge on any atom is 0.416 e. The number of halogens is 3. The molecule has 2 aromatic heterocycles. The lowest BCUT2D eigenvalue weighted by Crippen LogP contribution is -2.29. The van der Waals surface area contributed by atoms with Crippen LogP contribution in [0.2, 0.25) is 0 Å². The molecule has 8 nitrogen and oxygen atoms in total. The van der Waals surface area contributed by atoms with Crippen LogP contribution in [0.1, 0.15) is 30.5 Å². The molecule has 0 aliphatic carbocycles. The molecule has 4 aromatic rings. The summed E-state index contributed by atoms with van der Waals surface area (Å²) in [5, 5.41) is 2.99. The summed E-state index contributed by atoms with van der Waals surface area (Å²) in [6.07, 6.45) is -4.55. The van der Waals surface area contributed by atoms with Crippen LogP contribution in [0.4, 0.5) is 19.0 Å². The molecule has 0 fully saturated rings. The van der Waals surface area contributed by atoms with Gasteiger partial charge in [-0.25, -0.2) is 9.97 Å². The van der Waals surface area contributed by atoms with Crippen LogP contribution in [0.15, 0.2) is 65.5 Å². The van der Waals surface area contributed by atoms with Gasteiger partial charge in [-0.05, 0) is 61.0 Å². The number of carbonyl (C=O) groups excluding carboxylic acids is 1. The number of primary amides is 1. The number of nitrogens with zero attached hydrogens (tertiary/aromatic N) is 3. The third-order valence-corrected chi connectivity index (χ3v) is 5.77. The zero-order chi connectivity index (χ0) is 26.7. The highest BCUT2D eigenvalue weighted by atomic mass is 19.4. The van der Waals surface area contributed by atoms with Crippen molar-refractivity contribution in [1.82, 2.24) is 14.5 Å². The monoisotopic (exact) mass is 511 g/mol. The third-order valence-electron chi connectivity index (χ3n) is 5.77. The smallest absolute Gasteiger partial charge is 0.416 e. The van der Waals surface area contributed by atoms with E-state index in [2.05, 4.69) is 15.3 Å². The SMILES string of the molecule is COc1ccc(-c2nc3ccc(NCc4cccc(C(F)(F)F)c4)nc3n(C(C)CC(N)=O)c2=O)cc1. The molecule has 0 aliphatic heterocycles. The predicted octanol–water partition coefficient (Wildman–Crippen LogP) is 4.53. The van der Waals surface area contributed by atoms with Gasteiger partial charge in [0.1, 0.15) is 22.8 Å². The Hall–Kier alpha value is -4.41. The second-order valence-electron chi connectivity index (χ2n) is 8.47. The van der Waals surface area contributed by atoms with Gasteiger partial charge in [0, 0.05) is 24.6 Å². The number of nitrogens with one attached hydrogen (secondary N) is 1. The number of rotatable bonds is 8. The molecule has 0 saturated heterocycles. The number of alkyl halides is 3. The molecule has 0 aliphatic rings. The van der Waals surface area contributed by atoms with Crippen LogP contribution in [0, 0.1) is 0 Å². The Bertz CT molecular complexity index is 1500. The van der Waals surface area contributed by atoms with Crippen molar-refractivity contribution in [3.63, 3.8) is 0 Å². The molecule has 0 radical (unpaired) electrons. The van der Waals surface area contributed by atoms with E-state index >= 15 is 0 Å². The maximum absolute atomic E-state index is 13.5. The Kier molecular flexibility index (Phi) is 7.14. The van der Waals surface area contributed by atoms with Crippen LogP contribution < -0.4 is 21.3 Å². The Morgan fingerprint density at radius 1 is 1.11 bits per heavy atom. The first-order valence-corrected chi connectivity index (χ1v) is 11.3. The van der Waals surface area contributed by atoms with Gasteiger partial charge in [0.2, 0.25) is 5.91 Å². The van der Waals surface area contributed by atoms with Crippen molar-refractivity contribution < 1.29 is 22.7 Å². The molecule has 0 spiro atoms. The largest absolute Gasteiger partial charge is 0.497 e. The summed E-state index contributed by atoms with van der Waals surface area (Å²) >= 11 is 0. The van der Waals surface area contributed by atoms with E-state index in [1.54, 1.807) is 49.4 Å². The van der Waals surface area contributed by atoms with Crippen molar-refractivity contribution in [3.8, 4) is 17.0 Å². The molecule has 4 rings (SSSR count). The number of anilines is 1. The van der Waals surface area contributed by atoms with E-state index in [9.17, 15) is 22.8 Å². The summed E-state index contributed by atoms with van der Waals surface area (Å²) in [5.41, 5.74) is 5.92. The van der Waals surface area contributed by atoms with Crippen molar-refractivity contribution in [3.05, 3.63) is 82.1 Å². The van der Waals surface area contributed by atoms with Gasteiger partial charge in [-0.1, -0.05) is 12.1 Å². The number of ether oxygens (including phenoxy) is 1. The number of hydrogen-bond donors (Lipinski definition) is 2. The summed E-state index contributed by atoms with van der Waals surface area (Å²) in [6, 6.07) is 14.4. The van der Waals surface area contributed by atoms with Gasteiger partial charge in [0.25, 0.3) is 5.56 Å². The van der Waals surface area contributed by atoms with Gasteiger partial charge in [-0.2, -0.15) is 13.2 Å². The normalized spacial score (nSPS) is 12.4. The summed E-state index contributed by atoms with van der Waals surface area (Å²) in [4.78, 5) is 34.2. The van der Waals surface area contributed by atoms with Gasteiger partial charge in [0.15, 0.2) is 5.65 Å². The number of fused-ring (bicyclic) bond motifs is 1. The lowest BCUT2D eigenvalue weighted by Gasteiger charge is -2.18. The summed E-state index contributed by atoms with van der Waals surface area (Å²) < 4.78 is 45.6. The molecule has 2 aromatic carbocycles. The topological polar surface area (TPSA) is 112 Å². The number of nitrogens with two attached hydrogens (primary N) is 1. The quantitative estimate of drug-likeness (QED) is 0.359. The number of pyridine rings is 1. The fourth-order valence-corrected chi connectivity index (χ4v) is 3.96. The number of methoxy groups -OCH3 is 1. The van der Waals surface area contributed by atoms with Crippen LogP contribution in [0.25, 0.3) is 22.4 Å². The molecule has 1 amide bonds. The molecule has 1 unspecified atom stereocenters. The first-order valence-electron chi connectivity index (χ1n) is 11.3. The fourth-order valence-electron chi connectivity index (χ4n) is 3.96. The molecular formula is C26H24F3N5O3. The van der Waals surface area contributed by atoms with Crippen molar-refractivity contribution in [2.45, 2.75) is 32.1 Å². The Balaban J connectivity index is 1.75. The van der Waals surface area contributed by atoms with Gasteiger partial charge < -0.3 is 15.8 Å². The Morgan fingerprint density at radius 3 is 2.49 bits per heavy atom. The van der Waals surface area contributed by atoms with Crippen LogP contribution in [0.5, 0.6) is 5.75 Å². The van der Waals surface area contributed by atoms with Crippen LogP contribution >= 0.6 is 0 Å². The fraction of sp³-hybridized carbons (Fsp3) is 0.231. The van der Waals surface area contributed by atoms with E-state index < -0.39 is 29.2 Å². The van der Waals surface area contributed by atoms with Gasteiger partial charge in [-0.15, -0.1) is 0 Å². The van der Waals surface area contributed by atoms with Crippen molar-refractivity contribution >= 4 is 22.9 Å². The average Bonchev–Trinajstić information content (AvgIpc) is 2.86. The molecule has 0 saturated carbocycles. The molecule has 2 heterocycles. The molecule has 3 N–H and O–H groups in total. The van der Waals surface area contributed by atoms with E-state index in [1.165, 1.54) is 17.7 Å². The molecule has 192 valence electrons. The molecule has 1 atom stereocenters. The number of carbonyl (C=O) groups is 1. The molecule has 0 bridgehead atoms. The first-order chi connectivity index (χ1) is 17.6. The molecule has 11 heteroatoms. The number of hydrogen-bond acceptors (Lipinski definition) is 6. The third kappa shape index (κ3) is 5.71. The minimum Gasteiger partial charge on any atom is -0.497 e. The highest BCUT2D eigenvalue weighted by molar-refractivity contribution is 5.78. The predicted molar refractivity (Wildman–Crippen MR) is 133 cm³/mol. The van der Waals surface area contributed by atoms with Crippen molar-refractivity contribution in [1.29, 1.82) is 0 Å². The number of benzene rings is 2. The second-order valence-corrected chi connectivity index (χ2v) is 8.47. The van der Waals surface area contributed by atoms with Gasteiger partial charge >= 0.3 is 6.18 Å². The number of amides is 1. The van der Waals surface area contributed by atoms with Crippen molar-refractivity contribution in [2.75, 3.05) is 12.4 Å².